The van der Waals surface area contributed by atoms with Gasteiger partial charge in [0.25, 0.3) is 0 Å². The van der Waals surface area contributed by atoms with Crippen molar-refractivity contribution in [2.75, 3.05) is 7.11 Å². The van der Waals surface area contributed by atoms with Gasteiger partial charge in [-0.15, -0.1) is 0 Å². The molecular weight excluding hydrogens is 290 g/mol. The molecule has 1 atom stereocenters. The van der Waals surface area contributed by atoms with Crippen LogP contribution in [0.3, 0.4) is 0 Å². The third-order valence-corrected chi connectivity index (χ3v) is 3.79. The molecule has 1 aromatic heterocycles. The van der Waals surface area contributed by atoms with E-state index in [0.717, 1.165) is 28.0 Å². The second-order valence-electron chi connectivity index (χ2n) is 5.46. The smallest absolute Gasteiger partial charge is 0.225 e. The van der Waals surface area contributed by atoms with E-state index in [1.54, 1.807) is 7.11 Å². The molecule has 0 spiro atoms. The van der Waals surface area contributed by atoms with Crippen LogP contribution >= 0.6 is 0 Å². The van der Waals surface area contributed by atoms with Crippen LogP contribution in [0.1, 0.15) is 24.3 Å². The molecule has 0 aliphatic rings. The first-order chi connectivity index (χ1) is 11.2. The minimum absolute atomic E-state index is 0.0672. The number of nitrogens with one attached hydrogen (secondary N) is 1. The van der Waals surface area contributed by atoms with E-state index in [1.807, 2.05) is 61.5 Å². The normalized spacial score (nSPS) is 12.1. The fourth-order valence-electron chi connectivity index (χ4n) is 2.60. The predicted molar refractivity (Wildman–Crippen MR) is 89.5 cm³/mol. The number of rotatable bonds is 5. The van der Waals surface area contributed by atoms with Crippen molar-refractivity contribution in [2.24, 2.45) is 0 Å². The van der Waals surface area contributed by atoms with E-state index in [9.17, 15) is 4.79 Å². The number of carbonyl (C=O) groups is 1. The molecule has 0 fully saturated rings. The Morgan fingerprint density at radius 1 is 1.17 bits per heavy atom. The van der Waals surface area contributed by atoms with Crippen molar-refractivity contribution < 1.29 is 13.9 Å². The number of ether oxygens (including phenoxy) is 1. The molecule has 1 heterocycles. The average Bonchev–Trinajstić information content (AvgIpc) is 2.99. The summed E-state index contributed by atoms with van der Waals surface area (Å²) >= 11 is 0. The number of fused-ring (bicyclic) bond motifs is 1. The van der Waals surface area contributed by atoms with Gasteiger partial charge in [-0.1, -0.05) is 36.4 Å². The highest BCUT2D eigenvalue weighted by Crippen LogP contribution is 2.24. The molecule has 4 nitrogen and oxygen atoms in total. The molecule has 2 aromatic carbocycles. The summed E-state index contributed by atoms with van der Waals surface area (Å²) in [6, 6.07) is 17.1. The number of amides is 1. The molecule has 0 unspecified atom stereocenters. The second-order valence-corrected chi connectivity index (χ2v) is 5.46. The number of carbonyl (C=O) groups excluding carboxylic acids is 1. The van der Waals surface area contributed by atoms with Crippen LogP contribution in [-0.2, 0) is 11.2 Å². The lowest BCUT2D eigenvalue weighted by Gasteiger charge is -2.12. The van der Waals surface area contributed by atoms with E-state index in [-0.39, 0.29) is 18.4 Å². The van der Waals surface area contributed by atoms with Gasteiger partial charge in [-0.25, -0.2) is 0 Å². The number of hydrogen-bond donors (Lipinski definition) is 1. The van der Waals surface area contributed by atoms with Crippen molar-refractivity contribution >= 4 is 16.9 Å². The zero-order valence-electron chi connectivity index (χ0n) is 13.2. The van der Waals surface area contributed by atoms with Gasteiger partial charge in [0, 0.05) is 10.9 Å². The lowest BCUT2D eigenvalue weighted by molar-refractivity contribution is -0.121. The Morgan fingerprint density at radius 3 is 2.70 bits per heavy atom. The number of benzene rings is 2. The zero-order valence-corrected chi connectivity index (χ0v) is 13.2. The molecule has 3 rings (SSSR count). The summed E-state index contributed by atoms with van der Waals surface area (Å²) in [5.41, 5.74) is 1.69. The molecule has 1 N–H and O–H groups in total. The van der Waals surface area contributed by atoms with Crippen molar-refractivity contribution in [3.05, 3.63) is 65.9 Å². The number of hydrogen-bond acceptors (Lipinski definition) is 3. The van der Waals surface area contributed by atoms with Crippen LogP contribution in [0.5, 0.6) is 5.75 Å². The summed E-state index contributed by atoms with van der Waals surface area (Å²) in [7, 11) is 1.60. The number of methoxy groups -OCH3 is 1. The fourth-order valence-corrected chi connectivity index (χ4v) is 2.60. The molecule has 4 heteroatoms. The lowest BCUT2D eigenvalue weighted by atomic mass is 10.1. The topological polar surface area (TPSA) is 51.5 Å². The van der Waals surface area contributed by atoms with Gasteiger partial charge in [-0.2, -0.15) is 0 Å². The summed E-state index contributed by atoms with van der Waals surface area (Å²) in [6.45, 7) is 1.91. The van der Waals surface area contributed by atoms with Gasteiger partial charge in [-0.05, 0) is 25.1 Å². The van der Waals surface area contributed by atoms with Gasteiger partial charge in [0.05, 0.1) is 19.6 Å². The molecule has 0 aliphatic heterocycles. The van der Waals surface area contributed by atoms with Crippen LogP contribution in [0.25, 0.3) is 11.0 Å². The molecule has 0 radical (unpaired) electrons. The van der Waals surface area contributed by atoms with Crippen molar-refractivity contribution in [3.63, 3.8) is 0 Å². The monoisotopic (exact) mass is 309 g/mol. The largest absolute Gasteiger partial charge is 0.496 e. The van der Waals surface area contributed by atoms with Crippen molar-refractivity contribution in [1.29, 1.82) is 0 Å². The van der Waals surface area contributed by atoms with E-state index in [1.165, 1.54) is 0 Å². The fraction of sp³-hybridized carbons (Fsp3) is 0.211. The van der Waals surface area contributed by atoms with E-state index in [2.05, 4.69) is 5.32 Å². The summed E-state index contributed by atoms with van der Waals surface area (Å²) in [5, 5.41) is 4.00. The van der Waals surface area contributed by atoms with E-state index >= 15 is 0 Å². The summed E-state index contributed by atoms with van der Waals surface area (Å²) in [5.74, 6) is 1.40. The van der Waals surface area contributed by atoms with Crippen LogP contribution in [0.2, 0.25) is 0 Å². The van der Waals surface area contributed by atoms with Gasteiger partial charge in [0.15, 0.2) is 0 Å². The van der Waals surface area contributed by atoms with Gasteiger partial charge in [-0.3, -0.25) is 4.79 Å². The van der Waals surface area contributed by atoms with Gasteiger partial charge >= 0.3 is 0 Å². The minimum Gasteiger partial charge on any atom is -0.496 e. The maximum Gasteiger partial charge on any atom is 0.225 e. The van der Waals surface area contributed by atoms with Gasteiger partial charge < -0.3 is 14.5 Å². The van der Waals surface area contributed by atoms with Crippen LogP contribution < -0.4 is 10.1 Å². The SMILES string of the molecule is COc1ccccc1CC(=O)N[C@H](C)c1cc2ccccc2o1. The Hall–Kier alpha value is -2.75. The molecule has 118 valence electrons. The molecule has 0 bridgehead atoms. The molecule has 0 saturated carbocycles. The highest BCUT2D eigenvalue weighted by molar-refractivity contribution is 5.80. The Balaban J connectivity index is 1.69. The maximum absolute atomic E-state index is 12.3. The third-order valence-electron chi connectivity index (χ3n) is 3.79. The first-order valence-corrected chi connectivity index (χ1v) is 7.57. The number of furan rings is 1. The van der Waals surface area contributed by atoms with Crippen molar-refractivity contribution in [2.45, 2.75) is 19.4 Å². The quantitative estimate of drug-likeness (QED) is 0.778. The van der Waals surface area contributed by atoms with E-state index < -0.39 is 0 Å². The lowest BCUT2D eigenvalue weighted by Crippen LogP contribution is -2.28. The average molecular weight is 309 g/mol. The van der Waals surface area contributed by atoms with Gasteiger partial charge in [0.1, 0.15) is 17.1 Å². The zero-order chi connectivity index (χ0) is 16.2. The van der Waals surface area contributed by atoms with Crippen LogP contribution in [0.4, 0.5) is 0 Å². The van der Waals surface area contributed by atoms with Crippen LogP contribution in [0, 0.1) is 0 Å². The molecule has 23 heavy (non-hydrogen) atoms. The van der Waals surface area contributed by atoms with Crippen LogP contribution in [0.15, 0.2) is 59.0 Å². The highest BCUT2D eigenvalue weighted by Gasteiger charge is 2.15. The second kappa shape index (κ2) is 6.57. The van der Waals surface area contributed by atoms with Gasteiger partial charge in [0.2, 0.25) is 5.91 Å². The molecular formula is C19H19NO3. The Bertz CT molecular complexity index is 789. The third kappa shape index (κ3) is 3.37. The van der Waals surface area contributed by atoms with E-state index in [0.29, 0.717) is 0 Å². The molecule has 0 saturated heterocycles. The summed E-state index contributed by atoms with van der Waals surface area (Å²) in [4.78, 5) is 12.3. The summed E-state index contributed by atoms with van der Waals surface area (Å²) in [6.07, 6.45) is 0.272. The molecule has 3 aromatic rings. The highest BCUT2D eigenvalue weighted by atomic mass is 16.5. The Kier molecular flexibility index (Phi) is 4.33. The Labute approximate surface area is 135 Å². The molecule has 1 amide bonds. The maximum atomic E-state index is 12.3. The Morgan fingerprint density at radius 2 is 1.91 bits per heavy atom. The van der Waals surface area contributed by atoms with Crippen molar-refractivity contribution in [1.82, 2.24) is 5.32 Å². The first kappa shape index (κ1) is 15.2. The van der Waals surface area contributed by atoms with Crippen molar-refractivity contribution in [3.8, 4) is 5.75 Å². The molecule has 0 aliphatic carbocycles. The van der Waals surface area contributed by atoms with Crippen LogP contribution in [-0.4, -0.2) is 13.0 Å². The standard InChI is InChI=1S/C19H19NO3/c1-13(18-11-14-7-4-6-10-17(14)23-18)20-19(21)12-15-8-3-5-9-16(15)22-2/h3-11,13H,12H2,1-2H3,(H,20,21)/t13-/m1/s1. The number of para-hydroxylation sites is 2. The minimum atomic E-state index is -0.190. The van der Waals surface area contributed by atoms with E-state index in [4.69, 9.17) is 9.15 Å². The predicted octanol–water partition coefficient (Wildman–Crippen LogP) is 3.86. The first-order valence-electron chi connectivity index (χ1n) is 7.57. The summed E-state index contributed by atoms with van der Waals surface area (Å²) < 4.78 is 11.1.